The molecule has 0 amide bonds. The van der Waals surface area contributed by atoms with Crippen molar-refractivity contribution in [1.82, 2.24) is 9.55 Å². The zero-order valence-corrected chi connectivity index (χ0v) is 9.61. The second-order valence-electron chi connectivity index (χ2n) is 2.86. The van der Waals surface area contributed by atoms with E-state index in [4.69, 9.17) is 23.2 Å². The van der Waals surface area contributed by atoms with Crippen LogP contribution in [0.2, 0.25) is 4.34 Å². The standard InChI is InChI=1S/C9H8Cl2N2S/c10-4-9-12-1-2-13(9)5-7-3-8(11)14-6-7/h1-3,6H,4-5H2. The summed E-state index contributed by atoms with van der Waals surface area (Å²) in [7, 11) is 0. The van der Waals surface area contributed by atoms with Crippen molar-refractivity contribution in [2.45, 2.75) is 12.4 Å². The Labute approximate surface area is 96.1 Å². The van der Waals surface area contributed by atoms with Crippen molar-refractivity contribution in [3.8, 4) is 0 Å². The molecule has 0 spiro atoms. The lowest BCUT2D eigenvalue weighted by Gasteiger charge is -2.02. The third kappa shape index (κ3) is 2.11. The summed E-state index contributed by atoms with van der Waals surface area (Å²) in [6.45, 7) is 0.783. The van der Waals surface area contributed by atoms with E-state index >= 15 is 0 Å². The summed E-state index contributed by atoms with van der Waals surface area (Å²) in [6, 6.07) is 1.96. The summed E-state index contributed by atoms with van der Waals surface area (Å²) < 4.78 is 2.83. The lowest BCUT2D eigenvalue weighted by atomic mass is 10.3. The van der Waals surface area contributed by atoms with Crippen LogP contribution in [0.1, 0.15) is 11.4 Å². The lowest BCUT2D eigenvalue weighted by Crippen LogP contribution is -2.01. The molecule has 2 nitrogen and oxygen atoms in total. The van der Waals surface area contributed by atoms with Crippen molar-refractivity contribution < 1.29 is 0 Å². The maximum Gasteiger partial charge on any atom is 0.123 e. The van der Waals surface area contributed by atoms with Gasteiger partial charge in [-0.25, -0.2) is 4.98 Å². The SMILES string of the molecule is ClCc1nccn1Cc1csc(Cl)c1. The van der Waals surface area contributed by atoms with Gasteiger partial charge in [0.05, 0.1) is 10.2 Å². The van der Waals surface area contributed by atoms with Gasteiger partial charge in [0.25, 0.3) is 0 Å². The number of aromatic nitrogens is 2. The monoisotopic (exact) mass is 246 g/mol. The minimum absolute atomic E-state index is 0.435. The van der Waals surface area contributed by atoms with E-state index in [-0.39, 0.29) is 0 Å². The summed E-state index contributed by atoms with van der Waals surface area (Å²) in [5.41, 5.74) is 1.18. The Kier molecular flexibility index (Phi) is 3.11. The predicted molar refractivity (Wildman–Crippen MR) is 60.2 cm³/mol. The van der Waals surface area contributed by atoms with E-state index in [1.807, 2.05) is 22.2 Å². The summed E-state index contributed by atoms with van der Waals surface area (Å²) in [5.74, 6) is 1.32. The average Bonchev–Trinajstić information content (AvgIpc) is 2.76. The average molecular weight is 247 g/mol. The molecular formula is C9H8Cl2N2S. The summed E-state index contributed by atoms with van der Waals surface area (Å²) in [4.78, 5) is 4.14. The zero-order valence-electron chi connectivity index (χ0n) is 7.28. The molecule has 0 fully saturated rings. The number of hydrogen-bond donors (Lipinski definition) is 0. The van der Waals surface area contributed by atoms with Crippen LogP contribution >= 0.6 is 34.5 Å². The van der Waals surface area contributed by atoms with Crippen LogP contribution in [-0.2, 0) is 12.4 Å². The Morgan fingerprint density at radius 2 is 2.36 bits per heavy atom. The molecule has 2 aromatic rings. The van der Waals surface area contributed by atoms with E-state index in [1.165, 1.54) is 16.9 Å². The van der Waals surface area contributed by atoms with Crippen molar-refractivity contribution in [3.05, 3.63) is 39.6 Å². The molecule has 0 saturated carbocycles. The number of imidazole rings is 1. The molecular weight excluding hydrogens is 239 g/mol. The molecule has 2 heterocycles. The van der Waals surface area contributed by atoms with Crippen LogP contribution in [0, 0.1) is 0 Å². The van der Waals surface area contributed by atoms with Gasteiger partial charge in [-0.05, 0) is 17.0 Å². The molecule has 0 aliphatic heterocycles. The molecule has 0 aromatic carbocycles. The van der Waals surface area contributed by atoms with Gasteiger partial charge in [-0.3, -0.25) is 0 Å². The Morgan fingerprint density at radius 3 is 3.00 bits per heavy atom. The predicted octanol–water partition coefficient (Wildman–Crippen LogP) is 3.39. The number of thiophene rings is 1. The first kappa shape index (κ1) is 10.0. The van der Waals surface area contributed by atoms with Crippen LogP contribution in [-0.4, -0.2) is 9.55 Å². The lowest BCUT2D eigenvalue weighted by molar-refractivity contribution is 0.757. The van der Waals surface area contributed by atoms with Crippen molar-refractivity contribution in [2.75, 3.05) is 0 Å². The highest BCUT2D eigenvalue weighted by Gasteiger charge is 2.03. The van der Waals surface area contributed by atoms with Gasteiger partial charge in [0.1, 0.15) is 5.82 Å². The van der Waals surface area contributed by atoms with Crippen LogP contribution in [0.25, 0.3) is 0 Å². The van der Waals surface area contributed by atoms with Gasteiger partial charge < -0.3 is 4.57 Å². The fraction of sp³-hybridized carbons (Fsp3) is 0.222. The fourth-order valence-electron chi connectivity index (χ4n) is 1.24. The quantitative estimate of drug-likeness (QED) is 0.760. The minimum atomic E-state index is 0.435. The molecule has 2 rings (SSSR count). The smallest absolute Gasteiger partial charge is 0.123 e. The van der Waals surface area contributed by atoms with E-state index in [0.717, 1.165) is 16.7 Å². The van der Waals surface area contributed by atoms with Crippen molar-refractivity contribution >= 4 is 34.5 Å². The maximum absolute atomic E-state index is 5.84. The number of alkyl halides is 1. The highest BCUT2D eigenvalue weighted by atomic mass is 35.5. The topological polar surface area (TPSA) is 17.8 Å². The Bertz CT molecular complexity index is 422. The molecule has 0 atom stereocenters. The van der Waals surface area contributed by atoms with Crippen LogP contribution in [0.4, 0.5) is 0 Å². The number of halogens is 2. The van der Waals surface area contributed by atoms with E-state index in [0.29, 0.717) is 5.88 Å². The van der Waals surface area contributed by atoms with Crippen LogP contribution in [0.15, 0.2) is 23.8 Å². The first-order valence-corrected chi connectivity index (χ1v) is 5.87. The van der Waals surface area contributed by atoms with Gasteiger partial charge in [0, 0.05) is 18.9 Å². The van der Waals surface area contributed by atoms with Crippen LogP contribution in [0.5, 0.6) is 0 Å². The van der Waals surface area contributed by atoms with E-state index in [2.05, 4.69) is 4.98 Å². The van der Waals surface area contributed by atoms with Gasteiger partial charge >= 0.3 is 0 Å². The highest BCUT2D eigenvalue weighted by Crippen LogP contribution is 2.21. The molecule has 14 heavy (non-hydrogen) atoms. The second kappa shape index (κ2) is 4.34. The summed E-state index contributed by atoms with van der Waals surface area (Å²) in [5, 5.41) is 2.04. The highest BCUT2D eigenvalue weighted by molar-refractivity contribution is 7.14. The van der Waals surface area contributed by atoms with Crippen molar-refractivity contribution in [2.24, 2.45) is 0 Å². The molecule has 0 bridgehead atoms. The Balaban J connectivity index is 2.18. The van der Waals surface area contributed by atoms with E-state index < -0.39 is 0 Å². The van der Waals surface area contributed by atoms with Gasteiger partial charge in [0.15, 0.2) is 0 Å². The molecule has 0 aliphatic rings. The Hall–Kier alpha value is -0.510. The molecule has 0 radical (unpaired) electrons. The van der Waals surface area contributed by atoms with E-state index in [1.54, 1.807) is 6.20 Å². The molecule has 0 aliphatic carbocycles. The van der Waals surface area contributed by atoms with Crippen LogP contribution in [0.3, 0.4) is 0 Å². The second-order valence-corrected chi connectivity index (χ2v) is 4.67. The van der Waals surface area contributed by atoms with Crippen molar-refractivity contribution in [1.29, 1.82) is 0 Å². The van der Waals surface area contributed by atoms with Gasteiger partial charge in [-0.2, -0.15) is 0 Å². The van der Waals surface area contributed by atoms with Gasteiger partial charge in [0.2, 0.25) is 0 Å². The largest absolute Gasteiger partial charge is 0.329 e. The van der Waals surface area contributed by atoms with E-state index in [9.17, 15) is 0 Å². The van der Waals surface area contributed by atoms with Crippen LogP contribution < -0.4 is 0 Å². The molecule has 0 saturated heterocycles. The summed E-state index contributed by atoms with van der Waals surface area (Å²) in [6.07, 6.45) is 3.68. The number of hydrogen-bond acceptors (Lipinski definition) is 2. The zero-order chi connectivity index (χ0) is 9.97. The third-order valence-electron chi connectivity index (χ3n) is 1.90. The first-order valence-electron chi connectivity index (χ1n) is 4.08. The summed E-state index contributed by atoms with van der Waals surface area (Å²) >= 11 is 13.1. The van der Waals surface area contributed by atoms with Gasteiger partial charge in [-0.15, -0.1) is 22.9 Å². The molecule has 0 unspecified atom stereocenters. The molecule has 0 N–H and O–H groups in total. The normalized spacial score (nSPS) is 10.7. The van der Waals surface area contributed by atoms with Crippen molar-refractivity contribution in [3.63, 3.8) is 0 Å². The number of nitrogens with zero attached hydrogens (tertiary/aromatic N) is 2. The molecule has 2 aromatic heterocycles. The Morgan fingerprint density at radius 1 is 1.50 bits per heavy atom. The molecule has 74 valence electrons. The minimum Gasteiger partial charge on any atom is -0.329 e. The number of rotatable bonds is 3. The molecule has 5 heteroatoms. The maximum atomic E-state index is 5.84. The fourth-order valence-corrected chi connectivity index (χ4v) is 2.36. The third-order valence-corrected chi connectivity index (χ3v) is 3.27. The van der Waals surface area contributed by atoms with Gasteiger partial charge in [-0.1, -0.05) is 11.6 Å². The first-order chi connectivity index (χ1) is 6.79.